The van der Waals surface area contributed by atoms with Gasteiger partial charge in [-0.3, -0.25) is 9.59 Å². The Labute approximate surface area is 121 Å². The highest BCUT2D eigenvalue weighted by atomic mass is 79.9. The van der Waals surface area contributed by atoms with Crippen LogP contribution in [0.1, 0.15) is 30.8 Å². The standard InChI is InChI=1S/C13H18BrNO4/c1-4-7-15(8-9(2)13(17)18-3)12(16)10-5-6-11(14)19-10/h5-6,9H,4,7-8H2,1-3H3. The van der Waals surface area contributed by atoms with E-state index in [2.05, 4.69) is 20.7 Å². The fraction of sp³-hybridized carbons (Fsp3) is 0.538. The number of rotatable bonds is 6. The van der Waals surface area contributed by atoms with Gasteiger partial charge in [-0.15, -0.1) is 0 Å². The highest BCUT2D eigenvalue weighted by molar-refractivity contribution is 9.10. The second-order valence-electron chi connectivity index (χ2n) is 4.28. The summed E-state index contributed by atoms with van der Waals surface area (Å²) < 4.78 is 10.4. The molecule has 0 fully saturated rings. The molecule has 19 heavy (non-hydrogen) atoms. The summed E-state index contributed by atoms with van der Waals surface area (Å²) >= 11 is 3.16. The van der Waals surface area contributed by atoms with Crippen LogP contribution in [-0.4, -0.2) is 37.0 Å². The Morgan fingerprint density at radius 3 is 2.63 bits per heavy atom. The summed E-state index contributed by atoms with van der Waals surface area (Å²) in [5, 5.41) is 0. The van der Waals surface area contributed by atoms with Crippen molar-refractivity contribution < 1.29 is 18.7 Å². The van der Waals surface area contributed by atoms with Crippen LogP contribution in [0.15, 0.2) is 21.2 Å². The fourth-order valence-electron chi connectivity index (χ4n) is 1.74. The number of methoxy groups -OCH3 is 1. The largest absolute Gasteiger partial charge is 0.469 e. The first-order chi connectivity index (χ1) is 8.99. The molecule has 0 saturated heterocycles. The van der Waals surface area contributed by atoms with Gasteiger partial charge in [0, 0.05) is 13.1 Å². The molecule has 0 aliphatic carbocycles. The van der Waals surface area contributed by atoms with E-state index < -0.39 is 0 Å². The lowest BCUT2D eigenvalue weighted by Crippen LogP contribution is -2.37. The lowest BCUT2D eigenvalue weighted by atomic mass is 10.1. The molecular formula is C13H18BrNO4. The van der Waals surface area contributed by atoms with E-state index in [9.17, 15) is 9.59 Å². The minimum atomic E-state index is -0.362. The molecule has 1 aromatic heterocycles. The minimum Gasteiger partial charge on any atom is -0.469 e. The molecule has 0 bridgehead atoms. The Balaban J connectivity index is 2.76. The molecule has 0 aliphatic heterocycles. The van der Waals surface area contributed by atoms with Crippen LogP contribution >= 0.6 is 15.9 Å². The summed E-state index contributed by atoms with van der Waals surface area (Å²) in [5.41, 5.74) is 0. The average molecular weight is 332 g/mol. The molecule has 0 spiro atoms. The Morgan fingerprint density at radius 2 is 2.16 bits per heavy atom. The smallest absolute Gasteiger partial charge is 0.310 e. The topological polar surface area (TPSA) is 59.8 Å². The van der Waals surface area contributed by atoms with Crippen LogP contribution in [0.5, 0.6) is 0 Å². The van der Waals surface area contributed by atoms with Crippen LogP contribution in [0.25, 0.3) is 0 Å². The van der Waals surface area contributed by atoms with Gasteiger partial charge < -0.3 is 14.1 Å². The van der Waals surface area contributed by atoms with Crippen molar-refractivity contribution in [2.75, 3.05) is 20.2 Å². The summed E-state index contributed by atoms with van der Waals surface area (Å²) in [6.45, 7) is 4.59. The van der Waals surface area contributed by atoms with Gasteiger partial charge in [-0.1, -0.05) is 13.8 Å². The second kappa shape index (κ2) is 7.33. The van der Waals surface area contributed by atoms with E-state index in [1.165, 1.54) is 7.11 Å². The maximum atomic E-state index is 12.3. The number of esters is 1. The highest BCUT2D eigenvalue weighted by Gasteiger charge is 2.23. The predicted molar refractivity (Wildman–Crippen MR) is 73.8 cm³/mol. The molecule has 0 saturated carbocycles. The van der Waals surface area contributed by atoms with Crippen molar-refractivity contribution in [1.29, 1.82) is 0 Å². The summed E-state index contributed by atoms with van der Waals surface area (Å²) in [6, 6.07) is 3.28. The molecule has 106 valence electrons. The summed E-state index contributed by atoms with van der Waals surface area (Å²) in [4.78, 5) is 25.3. The molecule has 1 heterocycles. The number of hydrogen-bond acceptors (Lipinski definition) is 4. The van der Waals surface area contributed by atoms with E-state index in [1.54, 1.807) is 24.0 Å². The zero-order valence-corrected chi connectivity index (χ0v) is 12.9. The third-order valence-electron chi connectivity index (χ3n) is 2.66. The van der Waals surface area contributed by atoms with E-state index in [0.717, 1.165) is 6.42 Å². The van der Waals surface area contributed by atoms with E-state index in [-0.39, 0.29) is 23.6 Å². The number of furan rings is 1. The van der Waals surface area contributed by atoms with Crippen LogP contribution in [0, 0.1) is 5.92 Å². The van der Waals surface area contributed by atoms with Gasteiger partial charge in [0.2, 0.25) is 0 Å². The molecule has 0 aliphatic rings. The Hall–Kier alpha value is -1.30. The zero-order valence-electron chi connectivity index (χ0n) is 11.3. The SMILES string of the molecule is CCCN(CC(C)C(=O)OC)C(=O)c1ccc(Br)o1. The third-order valence-corrected chi connectivity index (χ3v) is 3.09. The number of carbonyl (C=O) groups excluding carboxylic acids is 2. The summed E-state index contributed by atoms with van der Waals surface area (Å²) in [7, 11) is 1.34. The molecule has 5 nitrogen and oxygen atoms in total. The predicted octanol–water partition coefficient (Wildman–Crippen LogP) is 2.70. The lowest BCUT2D eigenvalue weighted by molar-refractivity contribution is -0.145. The number of carbonyl (C=O) groups is 2. The average Bonchev–Trinajstić information content (AvgIpc) is 2.82. The molecule has 1 aromatic rings. The van der Waals surface area contributed by atoms with E-state index >= 15 is 0 Å². The quantitative estimate of drug-likeness (QED) is 0.752. The van der Waals surface area contributed by atoms with Crippen molar-refractivity contribution >= 4 is 27.8 Å². The van der Waals surface area contributed by atoms with Crippen molar-refractivity contribution in [3.8, 4) is 0 Å². The molecule has 6 heteroatoms. The van der Waals surface area contributed by atoms with Gasteiger partial charge in [-0.2, -0.15) is 0 Å². The third kappa shape index (κ3) is 4.38. The Bertz CT molecular complexity index is 444. The molecule has 1 amide bonds. The monoisotopic (exact) mass is 331 g/mol. The van der Waals surface area contributed by atoms with Gasteiger partial charge in [0.25, 0.3) is 5.91 Å². The first-order valence-corrected chi connectivity index (χ1v) is 6.91. The normalized spacial score (nSPS) is 12.0. The number of hydrogen-bond donors (Lipinski definition) is 0. The first kappa shape index (κ1) is 15.8. The number of ether oxygens (including phenoxy) is 1. The van der Waals surface area contributed by atoms with Crippen LogP contribution in [-0.2, 0) is 9.53 Å². The summed E-state index contributed by atoms with van der Waals surface area (Å²) in [5.74, 6) is -0.644. The van der Waals surface area contributed by atoms with Crippen LogP contribution in [0.4, 0.5) is 0 Å². The number of halogens is 1. The molecular weight excluding hydrogens is 314 g/mol. The number of amides is 1. The molecule has 0 aromatic carbocycles. The fourth-order valence-corrected chi connectivity index (χ4v) is 2.04. The molecule has 0 radical (unpaired) electrons. The van der Waals surface area contributed by atoms with Gasteiger partial charge in [0.1, 0.15) is 0 Å². The van der Waals surface area contributed by atoms with Crippen LogP contribution < -0.4 is 0 Å². The van der Waals surface area contributed by atoms with Crippen molar-refractivity contribution in [3.63, 3.8) is 0 Å². The van der Waals surface area contributed by atoms with E-state index in [4.69, 9.17) is 4.42 Å². The Morgan fingerprint density at radius 1 is 1.47 bits per heavy atom. The van der Waals surface area contributed by atoms with Gasteiger partial charge in [-0.05, 0) is 34.5 Å². The number of nitrogens with zero attached hydrogens (tertiary/aromatic N) is 1. The van der Waals surface area contributed by atoms with Crippen molar-refractivity contribution in [3.05, 3.63) is 22.6 Å². The van der Waals surface area contributed by atoms with Gasteiger partial charge in [-0.25, -0.2) is 0 Å². The Kier molecular flexibility index (Phi) is 6.08. The highest BCUT2D eigenvalue weighted by Crippen LogP contribution is 2.17. The van der Waals surface area contributed by atoms with Crippen LogP contribution in [0.3, 0.4) is 0 Å². The van der Waals surface area contributed by atoms with Crippen molar-refractivity contribution in [1.82, 2.24) is 4.90 Å². The van der Waals surface area contributed by atoms with Gasteiger partial charge in [0.05, 0.1) is 13.0 Å². The van der Waals surface area contributed by atoms with E-state index in [1.807, 2.05) is 6.92 Å². The first-order valence-electron chi connectivity index (χ1n) is 6.12. The summed E-state index contributed by atoms with van der Waals surface area (Å²) in [6.07, 6.45) is 0.807. The van der Waals surface area contributed by atoms with Crippen molar-refractivity contribution in [2.24, 2.45) is 5.92 Å². The minimum absolute atomic E-state index is 0.219. The molecule has 1 rings (SSSR count). The molecule has 1 atom stereocenters. The maximum Gasteiger partial charge on any atom is 0.310 e. The maximum absolute atomic E-state index is 12.3. The molecule has 0 N–H and O–H groups in total. The van der Waals surface area contributed by atoms with Crippen LogP contribution in [0.2, 0.25) is 0 Å². The van der Waals surface area contributed by atoms with Crippen molar-refractivity contribution in [2.45, 2.75) is 20.3 Å². The van der Waals surface area contributed by atoms with E-state index in [0.29, 0.717) is 17.8 Å². The van der Waals surface area contributed by atoms with Gasteiger partial charge in [0.15, 0.2) is 10.4 Å². The van der Waals surface area contributed by atoms with Gasteiger partial charge >= 0.3 is 5.97 Å². The second-order valence-corrected chi connectivity index (χ2v) is 5.06. The zero-order chi connectivity index (χ0) is 14.4. The molecule has 1 unspecified atom stereocenters. The lowest BCUT2D eigenvalue weighted by Gasteiger charge is -2.23.